The van der Waals surface area contributed by atoms with Crippen LogP contribution in [-0.2, 0) is 19.6 Å². The summed E-state index contributed by atoms with van der Waals surface area (Å²) in [5.41, 5.74) is -6.24. The Bertz CT molecular complexity index is 1530. The Labute approximate surface area is 233 Å². The molecule has 1 saturated heterocycles. The number of rotatable bonds is 7. The lowest BCUT2D eigenvalue weighted by Crippen LogP contribution is -2.44. The standard InChI is InChI=1S/C25H29F3N4O6S2/c1-14-12-16-21(39-22(30-16)15-6-7-29-17(13-15)32-10-8-31(5)9-11-32)19(38-40(35,36)25(26,27)28)18(14)20(23(33)34)37-24(2,3)4/h6-7,12-13,20H,8-11H2,1-5H3,(H,33,34). The van der Waals surface area contributed by atoms with E-state index in [0.29, 0.717) is 16.4 Å². The summed E-state index contributed by atoms with van der Waals surface area (Å²) in [6.45, 7) is 9.35. The van der Waals surface area contributed by atoms with Gasteiger partial charge < -0.3 is 23.8 Å². The third-order valence-electron chi connectivity index (χ3n) is 6.14. The number of aliphatic carboxylic acids is 1. The minimum Gasteiger partial charge on any atom is -0.479 e. The van der Waals surface area contributed by atoms with Gasteiger partial charge in [-0.3, -0.25) is 0 Å². The number of likely N-dealkylation sites (N-methyl/N-ethyl adjacent to an activating group) is 1. The summed E-state index contributed by atoms with van der Waals surface area (Å²) in [4.78, 5) is 25.5. The molecule has 1 aliphatic rings. The minimum absolute atomic E-state index is 0.0647. The molecule has 4 rings (SSSR count). The average Bonchev–Trinajstić information content (AvgIpc) is 3.26. The van der Waals surface area contributed by atoms with Crippen LogP contribution in [0.15, 0.2) is 24.4 Å². The third kappa shape index (κ3) is 6.32. The first-order valence-electron chi connectivity index (χ1n) is 12.2. The second kappa shape index (κ2) is 10.8. The van der Waals surface area contributed by atoms with Crippen LogP contribution in [-0.4, -0.2) is 78.7 Å². The van der Waals surface area contributed by atoms with E-state index in [1.807, 2.05) is 7.05 Å². The monoisotopic (exact) mass is 602 g/mol. The number of ether oxygens (including phenoxy) is 1. The van der Waals surface area contributed by atoms with Crippen molar-refractivity contribution in [2.45, 2.75) is 44.9 Å². The van der Waals surface area contributed by atoms with Crippen molar-refractivity contribution in [3.63, 3.8) is 0 Å². The highest BCUT2D eigenvalue weighted by Crippen LogP contribution is 2.45. The molecule has 0 bridgehead atoms. The largest absolute Gasteiger partial charge is 0.534 e. The molecule has 2 aromatic heterocycles. The van der Waals surface area contributed by atoms with Crippen LogP contribution in [0.5, 0.6) is 5.75 Å². The summed E-state index contributed by atoms with van der Waals surface area (Å²) in [6.07, 6.45) is -0.229. The van der Waals surface area contributed by atoms with E-state index in [0.717, 1.165) is 37.5 Å². The fourth-order valence-corrected chi connectivity index (χ4v) is 5.79. The van der Waals surface area contributed by atoms with Gasteiger partial charge in [0.1, 0.15) is 10.8 Å². The van der Waals surface area contributed by atoms with Gasteiger partial charge in [0.25, 0.3) is 0 Å². The maximum atomic E-state index is 13.4. The molecule has 0 saturated carbocycles. The maximum absolute atomic E-state index is 13.4. The number of halogens is 3. The van der Waals surface area contributed by atoms with Gasteiger partial charge in [0, 0.05) is 43.5 Å². The van der Waals surface area contributed by atoms with Crippen LogP contribution in [0.2, 0.25) is 0 Å². The van der Waals surface area contributed by atoms with Gasteiger partial charge >= 0.3 is 21.6 Å². The van der Waals surface area contributed by atoms with Crippen molar-refractivity contribution in [3.8, 4) is 16.3 Å². The first kappa shape index (κ1) is 30.0. The Morgan fingerprint density at radius 3 is 2.38 bits per heavy atom. The smallest absolute Gasteiger partial charge is 0.479 e. The Balaban J connectivity index is 1.89. The van der Waals surface area contributed by atoms with E-state index in [-0.39, 0.29) is 21.3 Å². The van der Waals surface area contributed by atoms with Crippen molar-refractivity contribution >= 4 is 43.5 Å². The van der Waals surface area contributed by atoms with E-state index in [1.165, 1.54) is 13.0 Å². The number of hydrogen-bond acceptors (Lipinski definition) is 10. The van der Waals surface area contributed by atoms with Crippen molar-refractivity contribution in [3.05, 3.63) is 35.5 Å². The van der Waals surface area contributed by atoms with Crippen LogP contribution in [0.25, 0.3) is 20.8 Å². The molecule has 218 valence electrons. The SMILES string of the molecule is Cc1cc2nc(-c3ccnc(N4CCN(C)CC4)c3)sc2c(OS(=O)(=O)C(F)(F)F)c1C(OC(C)(C)C)C(=O)O. The molecule has 10 nitrogen and oxygen atoms in total. The highest BCUT2D eigenvalue weighted by molar-refractivity contribution is 7.88. The van der Waals surface area contributed by atoms with Crippen molar-refractivity contribution in [2.24, 2.45) is 0 Å². The molecule has 0 aliphatic carbocycles. The molecule has 1 fully saturated rings. The zero-order valence-electron chi connectivity index (χ0n) is 22.4. The van der Waals surface area contributed by atoms with Crippen molar-refractivity contribution in [2.75, 3.05) is 38.1 Å². The van der Waals surface area contributed by atoms with Crippen LogP contribution in [0.1, 0.15) is 38.0 Å². The van der Waals surface area contributed by atoms with E-state index < -0.39 is 39.1 Å². The van der Waals surface area contributed by atoms with Gasteiger partial charge in [-0.25, -0.2) is 14.8 Å². The predicted octanol–water partition coefficient (Wildman–Crippen LogP) is 4.59. The zero-order valence-corrected chi connectivity index (χ0v) is 24.1. The number of piperazine rings is 1. The number of hydrogen-bond donors (Lipinski definition) is 1. The summed E-state index contributed by atoms with van der Waals surface area (Å²) in [7, 11) is -4.13. The number of benzene rings is 1. The Morgan fingerprint density at radius 2 is 1.80 bits per heavy atom. The number of carbonyl (C=O) groups is 1. The Morgan fingerprint density at radius 1 is 1.15 bits per heavy atom. The van der Waals surface area contributed by atoms with Crippen LogP contribution in [0.4, 0.5) is 19.0 Å². The fraction of sp³-hybridized carbons (Fsp3) is 0.480. The molecule has 1 aromatic carbocycles. The lowest BCUT2D eigenvalue weighted by molar-refractivity contribution is -0.160. The van der Waals surface area contributed by atoms with Gasteiger partial charge in [-0.05, 0) is 58.5 Å². The predicted molar refractivity (Wildman–Crippen MR) is 144 cm³/mol. The fourth-order valence-electron chi connectivity index (χ4n) is 4.21. The molecular formula is C25H29F3N4O6S2. The van der Waals surface area contributed by atoms with Gasteiger partial charge in [0.15, 0.2) is 11.9 Å². The molecule has 3 heterocycles. The number of aryl methyl sites for hydroxylation is 1. The lowest BCUT2D eigenvalue weighted by Gasteiger charge is -2.33. The van der Waals surface area contributed by atoms with Crippen molar-refractivity contribution in [1.29, 1.82) is 0 Å². The summed E-state index contributed by atoms with van der Waals surface area (Å²) >= 11 is 0.883. The summed E-state index contributed by atoms with van der Waals surface area (Å²) in [5.74, 6) is -1.61. The summed E-state index contributed by atoms with van der Waals surface area (Å²) < 4.78 is 74.8. The highest BCUT2D eigenvalue weighted by atomic mass is 32.2. The number of thiazole rings is 1. The molecular weight excluding hydrogens is 573 g/mol. The first-order valence-corrected chi connectivity index (χ1v) is 14.4. The van der Waals surface area contributed by atoms with Gasteiger partial charge in [-0.15, -0.1) is 11.3 Å². The molecule has 0 spiro atoms. The molecule has 1 N–H and O–H groups in total. The lowest BCUT2D eigenvalue weighted by atomic mass is 10.0. The second-order valence-electron chi connectivity index (χ2n) is 10.4. The Hall–Kier alpha value is -3.01. The van der Waals surface area contributed by atoms with Crippen LogP contribution in [0.3, 0.4) is 0 Å². The van der Waals surface area contributed by atoms with Crippen molar-refractivity contribution < 1.29 is 40.4 Å². The number of nitrogens with zero attached hydrogens (tertiary/aromatic N) is 4. The van der Waals surface area contributed by atoms with E-state index >= 15 is 0 Å². The second-order valence-corrected chi connectivity index (χ2v) is 13.0. The zero-order chi connectivity index (χ0) is 29.6. The molecule has 1 aliphatic heterocycles. The highest BCUT2D eigenvalue weighted by Gasteiger charge is 2.49. The normalized spacial score (nSPS) is 16.4. The van der Waals surface area contributed by atoms with Crippen molar-refractivity contribution in [1.82, 2.24) is 14.9 Å². The number of anilines is 1. The van der Waals surface area contributed by atoms with Gasteiger partial charge in [-0.2, -0.15) is 21.6 Å². The quantitative estimate of drug-likeness (QED) is 0.304. The topological polar surface area (TPSA) is 122 Å². The Kier molecular flexibility index (Phi) is 8.06. The molecule has 0 radical (unpaired) electrons. The minimum atomic E-state index is -6.16. The average molecular weight is 603 g/mol. The number of fused-ring (bicyclic) bond motifs is 1. The van der Waals surface area contributed by atoms with Crippen LogP contribution < -0.4 is 9.08 Å². The molecule has 3 aromatic rings. The molecule has 1 unspecified atom stereocenters. The number of alkyl halides is 3. The third-order valence-corrected chi connectivity index (χ3v) is 8.21. The van der Waals surface area contributed by atoms with E-state index in [4.69, 9.17) is 4.74 Å². The molecule has 15 heteroatoms. The maximum Gasteiger partial charge on any atom is 0.534 e. The summed E-state index contributed by atoms with van der Waals surface area (Å²) in [6, 6.07) is 4.95. The van der Waals surface area contributed by atoms with Gasteiger partial charge in [0.05, 0.1) is 15.8 Å². The number of carboxylic acid groups (broad SMARTS) is 1. The van der Waals surface area contributed by atoms with Gasteiger partial charge in [-0.1, -0.05) is 0 Å². The molecule has 1 atom stereocenters. The van der Waals surface area contributed by atoms with Crippen LogP contribution >= 0.6 is 11.3 Å². The van der Waals surface area contributed by atoms with E-state index in [2.05, 4.69) is 24.0 Å². The molecule has 40 heavy (non-hydrogen) atoms. The molecule has 0 amide bonds. The first-order chi connectivity index (χ1) is 18.5. The number of carboxylic acids is 1. The number of aromatic nitrogens is 2. The van der Waals surface area contributed by atoms with Crippen LogP contribution in [0, 0.1) is 6.92 Å². The van der Waals surface area contributed by atoms with E-state index in [9.17, 15) is 31.5 Å². The van der Waals surface area contributed by atoms with Gasteiger partial charge in [0.2, 0.25) is 0 Å². The van der Waals surface area contributed by atoms with E-state index in [1.54, 1.807) is 39.1 Å². The summed E-state index contributed by atoms with van der Waals surface area (Å²) in [5, 5.41) is 10.3. The number of pyridine rings is 1.